The Balaban J connectivity index is 1.11. The van der Waals surface area contributed by atoms with E-state index in [1.807, 2.05) is 17.4 Å². The van der Waals surface area contributed by atoms with Crippen molar-refractivity contribution in [3.8, 4) is 44.5 Å². The lowest BCUT2D eigenvalue weighted by molar-refractivity contribution is 0.660. The number of hydrogen-bond acceptors (Lipinski definition) is 3. The average Bonchev–Trinajstić information content (AvgIpc) is 3.95. The van der Waals surface area contributed by atoms with Crippen LogP contribution in [0.2, 0.25) is 0 Å². The Morgan fingerprint density at radius 3 is 1.98 bits per heavy atom. The molecule has 2 aromatic heterocycles. The third-order valence-electron chi connectivity index (χ3n) is 12.7. The molecule has 0 bridgehead atoms. The SMILES string of the molecule is CC1(C)c2ccccc2-c2ccc(N(c3ccc(-c4cccc5c4oc4ccccc45)cc3)c3ccc4sc5ccccc5c4c3-c3cccc(-c4ccccc4)c3)cc21. The molecule has 0 N–H and O–H groups in total. The molecular formula is C57H39NOS. The van der Waals surface area contributed by atoms with E-state index in [-0.39, 0.29) is 5.41 Å². The Bertz CT molecular complexity index is 3460. The Hall–Kier alpha value is -7.20. The van der Waals surface area contributed by atoms with E-state index >= 15 is 0 Å². The highest BCUT2D eigenvalue weighted by atomic mass is 32.1. The zero-order valence-electron chi connectivity index (χ0n) is 33.3. The van der Waals surface area contributed by atoms with Gasteiger partial charge in [-0.2, -0.15) is 0 Å². The third-order valence-corrected chi connectivity index (χ3v) is 13.8. The van der Waals surface area contributed by atoms with Crippen molar-refractivity contribution in [1.82, 2.24) is 0 Å². The molecule has 0 fully saturated rings. The van der Waals surface area contributed by atoms with E-state index in [9.17, 15) is 0 Å². The molecule has 0 saturated heterocycles. The van der Waals surface area contributed by atoms with E-state index in [2.05, 4.69) is 213 Å². The zero-order chi connectivity index (χ0) is 40.0. The van der Waals surface area contributed by atoms with Crippen molar-refractivity contribution < 1.29 is 4.42 Å². The Labute approximate surface area is 353 Å². The topological polar surface area (TPSA) is 16.4 Å². The van der Waals surface area contributed by atoms with Crippen LogP contribution in [-0.2, 0) is 5.41 Å². The van der Waals surface area contributed by atoms with Gasteiger partial charge in [0.15, 0.2) is 0 Å². The van der Waals surface area contributed by atoms with Gasteiger partial charge in [0.05, 0.1) is 5.69 Å². The minimum atomic E-state index is -0.150. The molecule has 3 heteroatoms. The van der Waals surface area contributed by atoms with Crippen LogP contribution in [0.15, 0.2) is 205 Å². The molecule has 0 unspecified atom stereocenters. The smallest absolute Gasteiger partial charge is 0.143 e. The van der Waals surface area contributed by atoms with E-state index < -0.39 is 0 Å². The number of fused-ring (bicyclic) bond motifs is 9. The van der Waals surface area contributed by atoms with Crippen LogP contribution in [0.3, 0.4) is 0 Å². The summed E-state index contributed by atoms with van der Waals surface area (Å²) in [6, 6.07) is 73.2. The molecule has 1 aliphatic carbocycles. The molecule has 2 heterocycles. The maximum atomic E-state index is 6.51. The number of anilines is 3. The second-order valence-corrected chi connectivity index (χ2v) is 17.5. The highest BCUT2D eigenvalue weighted by molar-refractivity contribution is 7.26. The predicted molar refractivity (Wildman–Crippen MR) is 255 cm³/mol. The first-order valence-electron chi connectivity index (χ1n) is 20.7. The first-order valence-corrected chi connectivity index (χ1v) is 21.5. The minimum absolute atomic E-state index is 0.150. The largest absolute Gasteiger partial charge is 0.455 e. The van der Waals surface area contributed by atoms with Crippen molar-refractivity contribution in [2.75, 3.05) is 4.90 Å². The van der Waals surface area contributed by atoms with Crippen LogP contribution in [-0.4, -0.2) is 0 Å². The molecule has 0 spiro atoms. The summed E-state index contributed by atoms with van der Waals surface area (Å²) in [6.45, 7) is 4.73. The van der Waals surface area contributed by atoms with Crippen molar-refractivity contribution in [3.63, 3.8) is 0 Å². The Morgan fingerprint density at radius 2 is 1.10 bits per heavy atom. The molecule has 1 aliphatic rings. The van der Waals surface area contributed by atoms with Crippen LogP contribution in [0.25, 0.3) is 86.6 Å². The van der Waals surface area contributed by atoms with Gasteiger partial charge >= 0.3 is 0 Å². The van der Waals surface area contributed by atoms with Gasteiger partial charge in [0.2, 0.25) is 0 Å². The van der Waals surface area contributed by atoms with Crippen LogP contribution in [0.5, 0.6) is 0 Å². The summed E-state index contributed by atoms with van der Waals surface area (Å²) >= 11 is 1.87. The first-order chi connectivity index (χ1) is 29.5. The second-order valence-electron chi connectivity index (χ2n) is 16.4. The van der Waals surface area contributed by atoms with Crippen LogP contribution >= 0.6 is 11.3 Å². The molecule has 9 aromatic carbocycles. The van der Waals surface area contributed by atoms with Crippen molar-refractivity contribution in [3.05, 3.63) is 211 Å². The Kier molecular flexibility index (Phi) is 7.79. The van der Waals surface area contributed by atoms with Gasteiger partial charge in [-0.1, -0.05) is 159 Å². The van der Waals surface area contributed by atoms with Crippen molar-refractivity contribution in [2.24, 2.45) is 0 Å². The summed E-state index contributed by atoms with van der Waals surface area (Å²) in [5.41, 5.74) is 17.4. The average molecular weight is 786 g/mol. The summed E-state index contributed by atoms with van der Waals surface area (Å²) in [4.78, 5) is 2.49. The van der Waals surface area contributed by atoms with Gasteiger partial charge in [-0.25, -0.2) is 0 Å². The van der Waals surface area contributed by atoms with E-state index in [0.29, 0.717) is 0 Å². The lowest BCUT2D eigenvalue weighted by Crippen LogP contribution is -2.17. The second kappa shape index (κ2) is 13.4. The van der Waals surface area contributed by atoms with Gasteiger partial charge < -0.3 is 9.32 Å². The van der Waals surface area contributed by atoms with Gasteiger partial charge in [0.1, 0.15) is 11.2 Å². The third kappa shape index (κ3) is 5.33. The van der Waals surface area contributed by atoms with E-state index in [0.717, 1.165) is 50.1 Å². The van der Waals surface area contributed by atoms with E-state index in [1.165, 1.54) is 64.7 Å². The van der Waals surface area contributed by atoms with Gasteiger partial charge in [0, 0.05) is 58.9 Å². The molecule has 12 rings (SSSR count). The highest BCUT2D eigenvalue weighted by Gasteiger charge is 2.36. The lowest BCUT2D eigenvalue weighted by atomic mass is 9.82. The fourth-order valence-corrected chi connectivity index (χ4v) is 10.9. The maximum Gasteiger partial charge on any atom is 0.143 e. The lowest BCUT2D eigenvalue weighted by Gasteiger charge is -2.30. The quantitative estimate of drug-likeness (QED) is 0.167. The number of thiophene rings is 1. The van der Waals surface area contributed by atoms with Crippen molar-refractivity contribution >= 4 is 70.5 Å². The maximum absolute atomic E-state index is 6.51. The van der Waals surface area contributed by atoms with Gasteiger partial charge in [0.25, 0.3) is 0 Å². The molecule has 0 amide bonds. The molecule has 0 atom stereocenters. The van der Waals surface area contributed by atoms with E-state index in [1.54, 1.807) is 0 Å². The highest BCUT2D eigenvalue weighted by Crippen LogP contribution is 2.53. The van der Waals surface area contributed by atoms with Gasteiger partial charge in [-0.3, -0.25) is 0 Å². The van der Waals surface area contributed by atoms with Crippen LogP contribution in [0.4, 0.5) is 17.1 Å². The fraction of sp³-hybridized carbons (Fsp3) is 0.0526. The number of para-hydroxylation sites is 2. The number of hydrogen-bond donors (Lipinski definition) is 0. The fourth-order valence-electron chi connectivity index (χ4n) is 9.79. The molecule has 284 valence electrons. The van der Waals surface area contributed by atoms with E-state index in [4.69, 9.17) is 4.42 Å². The van der Waals surface area contributed by atoms with Gasteiger partial charge in [-0.05, 0) is 99.1 Å². The number of rotatable bonds is 6. The molecule has 60 heavy (non-hydrogen) atoms. The number of furan rings is 1. The van der Waals surface area contributed by atoms with Crippen molar-refractivity contribution in [1.29, 1.82) is 0 Å². The minimum Gasteiger partial charge on any atom is -0.455 e. The molecule has 0 aliphatic heterocycles. The summed E-state index contributed by atoms with van der Waals surface area (Å²) in [7, 11) is 0. The van der Waals surface area contributed by atoms with Crippen molar-refractivity contribution in [2.45, 2.75) is 19.3 Å². The summed E-state index contributed by atoms with van der Waals surface area (Å²) in [6.07, 6.45) is 0. The standard InChI is InChI=1S/C57H39NOS/c1-57(2)48-23-9-6-18-43(48)44-31-30-41(35-49(44)57)58(40-28-26-37(27-29-40)42-21-13-22-46-45-19-7-10-24-51(45)59-56(42)46)50-32-33-53-55(47-20-8-11-25-52(47)60-53)54(50)39-17-12-16-38(34-39)36-14-4-3-5-15-36/h3-35H,1-2H3. The Morgan fingerprint density at radius 1 is 0.433 bits per heavy atom. The summed E-state index contributed by atoms with van der Waals surface area (Å²) in [5.74, 6) is 0. The van der Waals surface area contributed by atoms with Crippen LogP contribution < -0.4 is 4.90 Å². The van der Waals surface area contributed by atoms with Crippen LogP contribution in [0, 0.1) is 0 Å². The monoisotopic (exact) mass is 785 g/mol. The van der Waals surface area contributed by atoms with Gasteiger partial charge in [-0.15, -0.1) is 11.3 Å². The molecule has 0 radical (unpaired) electrons. The zero-order valence-corrected chi connectivity index (χ0v) is 34.1. The number of benzene rings is 9. The predicted octanol–water partition coefficient (Wildman–Crippen LogP) is 16.7. The molecular weight excluding hydrogens is 747 g/mol. The number of nitrogens with zero attached hydrogens (tertiary/aromatic N) is 1. The van der Waals surface area contributed by atoms with Crippen LogP contribution in [0.1, 0.15) is 25.0 Å². The first kappa shape index (κ1) is 34.8. The normalized spacial score (nSPS) is 13.0. The molecule has 2 nitrogen and oxygen atoms in total. The molecule has 0 saturated carbocycles. The summed E-state index contributed by atoms with van der Waals surface area (Å²) < 4.78 is 9.08. The summed E-state index contributed by atoms with van der Waals surface area (Å²) in [5, 5.41) is 4.83. The molecule has 11 aromatic rings.